The van der Waals surface area contributed by atoms with Crippen LogP contribution in [0.3, 0.4) is 0 Å². The molecule has 1 saturated carbocycles. The van der Waals surface area contributed by atoms with Crippen LogP contribution in [0.5, 0.6) is 6.01 Å². The van der Waals surface area contributed by atoms with Gasteiger partial charge in [-0.25, -0.2) is 4.98 Å². The van der Waals surface area contributed by atoms with E-state index in [0.717, 1.165) is 17.1 Å². The summed E-state index contributed by atoms with van der Waals surface area (Å²) in [4.78, 5) is 14.2. The second-order valence-corrected chi connectivity index (χ2v) is 9.79. The molecule has 2 heterocycles. The van der Waals surface area contributed by atoms with Crippen LogP contribution in [-0.2, 0) is 0 Å². The molecule has 0 amide bonds. The quantitative estimate of drug-likeness (QED) is 0.445. The molecule has 3 aromatic rings. The van der Waals surface area contributed by atoms with Gasteiger partial charge in [0.1, 0.15) is 0 Å². The average molecular weight is 452 g/mol. The van der Waals surface area contributed by atoms with Gasteiger partial charge in [-0.15, -0.1) is 0 Å². The molecule has 174 valence electrons. The number of aromatic nitrogens is 2. The fourth-order valence-corrected chi connectivity index (χ4v) is 6.06. The Bertz CT molecular complexity index is 1170. The molecular formula is C30H33N3O. The molecule has 1 aromatic heterocycles. The van der Waals surface area contributed by atoms with Crippen LogP contribution in [0.4, 0.5) is 0 Å². The van der Waals surface area contributed by atoms with Crippen molar-refractivity contribution in [2.24, 2.45) is 16.8 Å². The van der Waals surface area contributed by atoms with Crippen molar-refractivity contribution in [3.63, 3.8) is 0 Å². The molecule has 4 heteroatoms. The minimum absolute atomic E-state index is 0.230. The molecule has 5 rings (SSSR count). The molecule has 4 atom stereocenters. The van der Waals surface area contributed by atoms with Gasteiger partial charge in [-0.1, -0.05) is 73.2 Å². The molecule has 2 aromatic carbocycles. The third-order valence-electron chi connectivity index (χ3n) is 7.71. The predicted octanol–water partition coefficient (Wildman–Crippen LogP) is 6.50. The zero-order valence-electron chi connectivity index (χ0n) is 20.6. The lowest BCUT2D eigenvalue weighted by Crippen LogP contribution is -2.45. The van der Waals surface area contributed by atoms with Crippen molar-refractivity contribution in [3.8, 4) is 6.01 Å². The highest BCUT2D eigenvalue weighted by Gasteiger charge is 2.55. The summed E-state index contributed by atoms with van der Waals surface area (Å²) in [5.41, 5.74) is 7.36. The molecule has 0 bridgehead atoms. The van der Waals surface area contributed by atoms with E-state index in [1.165, 1.54) is 16.7 Å². The van der Waals surface area contributed by atoms with Crippen LogP contribution in [0.2, 0.25) is 0 Å². The monoisotopic (exact) mass is 451 g/mol. The van der Waals surface area contributed by atoms with Crippen molar-refractivity contribution >= 4 is 5.71 Å². The highest BCUT2D eigenvalue weighted by molar-refractivity contribution is 5.94. The van der Waals surface area contributed by atoms with E-state index in [1.807, 2.05) is 6.92 Å². The Kier molecular flexibility index (Phi) is 6.07. The van der Waals surface area contributed by atoms with Gasteiger partial charge in [0.05, 0.1) is 18.8 Å². The second-order valence-electron chi connectivity index (χ2n) is 9.79. The molecule has 0 saturated heterocycles. The summed E-state index contributed by atoms with van der Waals surface area (Å²) >= 11 is 0. The van der Waals surface area contributed by atoms with Gasteiger partial charge in [-0.2, -0.15) is 4.98 Å². The highest BCUT2D eigenvalue weighted by Crippen LogP contribution is 2.65. The number of hydrogen-bond donors (Lipinski definition) is 0. The normalized spacial score (nSPS) is 28.5. The number of methoxy groups -OCH3 is 1. The van der Waals surface area contributed by atoms with E-state index in [1.54, 1.807) is 7.11 Å². The lowest BCUT2D eigenvalue weighted by Gasteiger charge is -2.55. The van der Waals surface area contributed by atoms with Crippen molar-refractivity contribution < 1.29 is 4.74 Å². The zero-order chi connectivity index (χ0) is 23.8. The summed E-state index contributed by atoms with van der Waals surface area (Å²) in [5.74, 6) is 1.63. The number of ether oxygens (including phenoxy) is 1. The van der Waals surface area contributed by atoms with Gasteiger partial charge >= 0.3 is 6.01 Å². The van der Waals surface area contributed by atoms with Crippen LogP contribution in [0.25, 0.3) is 0 Å². The third kappa shape index (κ3) is 3.96. The molecule has 0 spiro atoms. The van der Waals surface area contributed by atoms with Crippen molar-refractivity contribution in [3.05, 3.63) is 101 Å². The number of hydrogen-bond acceptors (Lipinski definition) is 4. The molecule has 1 aliphatic carbocycles. The minimum Gasteiger partial charge on any atom is -0.467 e. The maximum absolute atomic E-state index is 5.48. The van der Waals surface area contributed by atoms with E-state index in [-0.39, 0.29) is 12.0 Å². The van der Waals surface area contributed by atoms with Gasteiger partial charge in [-0.05, 0) is 55.9 Å². The van der Waals surface area contributed by atoms with Crippen molar-refractivity contribution in [1.82, 2.24) is 9.97 Å². The molecular weight excluding hydrogens is 418 g/mol. The van der Waals surface area contributed by atoms with Crippen LogP contribution in [0.1, 0.15) is 61.0 Å². The highest BCUT2D eigenvalue weighted by atomic mass is 16.5. The SMILES string of the molecule is COc1nc(C)cc(C2[C@H](c3ccccc3)C(C3=CC(C)=NC(C)C3C)[C@H]2c2ccccc2)n1. The van der Waals surface area contributed by atoms with E-state index in [9.17, 15) is 0 Å². The predicted molar refractivity (Wildman–Crippen MR) is 138 cm³/mol. The molecule has 0 radical (unpaired) electrons. The van der Waals surface area contributed by atoms with Gasteiger partial charge in [0.25, 0.3) is 0 Å². The number of nitrogens with zero attached hydrogens (tertiary/aromatic N) is 3. The number of rotatable bonds is 5. The Balaban J connectivity index is 1.71. The zero-order valence-corrected chi connectivity index (χ0v) is 20.6. The lowest BCUT2D eigenvalue weighted by atomic mass is 9.48. The summed E-state index contributed by atoms with van der Waals surface area (Å²) < 4.78 is 5.48. The summed E-state index contributed by atoms with van der Waals surface area (Å²) in [5, 5.41) is 0. The first-order chi connectivity index (χ1) is 16.5. The number of allylic oxidation sites excluding steroid dienone is 1. The Morgan fingerprint density at radius 1 is 0.735 bits per heavy atom. The Morgan fingerprint density at radius 3 is 1.88 bits per heavy atom. The molecule has 34 heavy (non-hydrogen) atoms. The first kappa shape index (κ1) is 22.5. The Hall–Kier alpha value is -3.27. The molecule has 1 fully saturated rings. The van der Waals surface area contributed by atoms with E-state index >= 15 is 0 Å². The molecule has 2 aliphatic rings. The van der Waals surface area contributed by atoms with Gasteiger partial charge in [0, 0.05) is 29.2 Å². The number of benzene rings is 2. The van der Waals surface area contributed by atoms with Crippen LogP contribution in [0, 0.1) is 18.8 Å². The summed E-state index contributed by atoms with van der Waals surface area (Å²) in [6, 6.07) is 24.8. The Morgan fingerprint density at radius 2 is 1.32 bits per heavy atom. The fraction of sp³-hybridized carbons (Fsp3) is 0.367. The summed E-state index contributed by atoms with van der Waals surface area (Å²) in [6.07, 6.45) is 2.35. The van der Waals surface area contributed by atoms with Crippen molar-refractivity contribution in [2.45, 2.75) is 51.5 Å². The summed E-state index contributed by atoms with van der Waals surface area (Å²) in [7, 11) is 1.64. The smallest absolute Gasteiger partial charge is 0.316 e. The minimum atomic E-state index is 0.230. The van der Waals surface area contributed by atoms with Gasteiger partial charge < -0.3 is 4.74 Å². The Labute approximate surface area is 202 Å². The first-order valence-corrected chi connectivity index (χ1v) is 12.2. The van der Waals surface area contributed by atoms with E-state index in [4.69, 9.17) is 14.7 Å². The largest absolute Gasteiger partial charge is 0.467 e. The van der Waals surface area contributed by atoms with Crippen molar-refractivity contribution in [2.75, 3.05) is 7.11 Å². The number of aliphatic imine (C=N–C) groups is 1. The fourth-order valence-electron chi connectivity index (χ4n) is 6.06. The second kappa shape index (κ2) is 9.17. The van der Waals surface area contributed by atoms with Crippen LogP contribution < -0.4 is 4.74 Å². The lowest BCUT2D eigenvalue weighted by molar-refractivity contribution is 0.170. The van der Waals surface area contributed by atoms with E-state index in [0.29, 0.717) is 29.7 Å². The first-order valence-electron chi connectivity index (χ1n) is 12.2. The van der Waals surface area contributed by atoms with Gasteiger partial charge in [-0.3, -0.25) is 4.99 Å². The summed E-state index contributed by atoms with van der Waals surface area (Å²) in [6.45, 7) is 8.73. The molecule has 0 N–H and O–H groups in total. The van der Waals surface area contributed by atoms with Crippen LogP contribution >= 0.6 is 0 Å². The number of aryl methyl sites for hydroxylation is 1. The topological polar surface area (TPSA) is 47.4 Å². The van der Waals surface area contributed by atoms with Crippen molar-refractivity contribution in [1.29, 1.82) is 0 Å². The number of dihydropyridines is 1. The molecule has 1 aliphatic heterocycles. The standard InChI is InChI=1S/C30H33N3O/c1-18-16-24(20(3)21(4)31-18)28-26(22-12-8-6-9-13-22)29(27(28)23-14-10-7-11-15-23)25-17-19(2)32-30(33-25)34-5/h6-17,20-21,26-29H,1-5H3/t20?,21?,26-,27-,28?,29?/m1/s1. The molecule has 2 unspecified atom stereocenters. The van der Waals surface area contributed by atoms with E-state index < -0.39 is 0 Å². The maximum Gasteiger partial charge on any atom is 0.316 e. The van der Waals surface area contributed by atoms with Gasteiger partial charge in [0.2, 0.25) is 0 Å². The van der Waals surface area contributed by atoms with Crippen LogP contribution in [-0.4, -0.2) is 28.8 Å². The van der Waals surface area contributed by atoms with E-state index in [2.05, 4.69) is 98.6 Å². The van der Waals surface area contributed by atoms with Gasteiger partial charge in [0.15, 0.2) is 0 Å². The third-order valence-corrected chi connectivity index (χ3v) is 7.71. The molecule has 4 nitrogen and oxygen atoms in total. The van der Waals surface area contributed by atoms with Crippen LogP contribution in [0.15, 0.2) is 83.4 Å². The average Bonchev–Trinajstić information content (AvgIpc) is 2.82. The maximum atomic E-state index is 5.48.